The minimum atomic E-state index is -0.568. The average Bonchev–Trinajstić information content (AvgIpc) is 2.35. The molecule has 0 amide bonds. The highest BCUT2D eigenvalue weighted by Crippen LogP contribution is 2.31. The van der Waals surface area contributed by atoms with Crippen molar-refractivity contribution in [2.75, 3.05) is 30.0 Å². The standard InChI is InChI=1S/C9H12N6O2S/c1-3-11-7-6(15(16)17)8(12-5-4-10)14-9(13-7)18-2/h3,5H2,1-2H3,(H2,11,12,13,14). The smallest absolute Gasteiger partial charge is 0.353 e. The summed E-state index contributed by atoms with van der Waals surface area (Å²) in [5, 5.41) is 25.4. The molecule has 1 heterocycles. The average molecular weight is 268 g/mol. The van der Waals surface area contributed by atoms with Crippen molar-refractivity contribution in [2.45, 2.75) is 12.1 Å². The molecule has 0 saturated heterocycles. The summed E-state index contributed by atoms with van der Waals surface area (Å²) in [5.41, 5.74) is -0.245. The maximum Gasteiger partial charge on any atom is 0.353 e. The summed E-state index contributed by atoms with van der Waals surface area (Å²) in [6, 6.07) is 1.85. The minimum absolute atomic E-state index is 0.0526. The van der Waals surface area contributed by atoms with Gasteiger partial charge >= 0.3 is 5.69 Å². The molecular formula is C9H12N6O2S. The molecule has 0 saturated carbocycles. The van der Waals surface area contributed by atoms with E-state index in [1.165, 1.54) is 11.8 Å². The van der Waals surface area contributed by atoms with Crippen molar-refractivity contribution in [1.82, 2.24) is 9.97 Å². The fraction of sp³-hybridized carbons (Fsp3) is 0.444. The van der Waals surface area contributed by atoms with E-state index in [-0.39, 0.29) is 23.9 Å². The van der Waals surface area contributed by atoms with Gasteiger partial charge in [0.05, 0.1) is 11.0 Å². The van der Waals surface area contributed by atoms with Crippen LogP contribution in [0.3, 0.4) is 0 Å². The number of anilines is 2. The van der Waals surface area contributed by atoms with Crippen LogP contribution in [-0.2, 0) is 0 Å². The highest BCUT2D eigenvalue weighted by molar-refractivity contribution is 7.98. The number of nitriles is 1. The molecule has 1 aromatic heterocycles. The molecule has 8 nitrogen and oxygen atoms in total. The third kappa shape index (κ3) is 3.21. The maximum atomic E-state index is 11.0. The lowest BCUT2D eigenvalue weighted by Crippen LogP contribution is -2.11. The van der Waals surface area contributed by atoms with Gasteiger partial charge in [0.1, 0.15) is 6.54 Å². The zero-order chi connectivity index (χ0) is 13.5. The normalized spacial score (nSPS) is 9.61. The number of hydrogen-bond acceptors (Lipinski definition) is 8. The summed E-state index contributed by atoms with van der Waals surface area (Å²) in [4.78, 5) is 18.5. The number of rotatable bonds is 6. The van der Waals surface area contributed by atoms with Gasteiger partial charge in [0.15, 0.2) is 5.16 Å². The molecule has 0 aromatic carbocycles. The molecule has 0 aliphatic carbocycles. The third-order valence-electron chi connectivity index (χ3n) is 1.91. The van der Waals surface area contributed by atoms with Crippen LogP contribution in [0.4, 0.5) is 17.3 Å². The van der Waals surface area contributed by atoms with Crippen LogP contribution in [0.25, 0.3) is 0 Å². The zero-order valence-electron chi connectivity index (χ0n) is 9.93. The fourth-order valence-corrected chi connectivity index (χ4v) is 1.60. The number of hydrogen-bond donors (Lipinski definition) is 2. The van der Waals surface area contributed by atoms with Crippen molar-refractivity contribution >= 4 is 29.1 Å². The first-order valence-corrected chi connectivity index (χ1v) is 6.31. The highest BCUT2D eigenvalue weighted by atomic mass is 32.2. The Bertz CT molecular complexity index is 487. The summed E-state index contributed by atoms with van der Waals surface area (Å²) in [7, 11) is 0. The van der Waals surface area contributed by atoms with Crippen molar-refractivity contribution < 1.29 is 4.92 Å². The summed E-state index contributed by atoms with van der Waals surface area (Å²) < 4.78 is 0. The van der Waals surface area contributed by atoms with E-state index < -0.39 is 4.92 Å². The van der Waals surface area contributed by atoms with Crippen LogP contribution in [0.1, 0.15) is 6.92 Å². The topological polar surface area (TPSA) is 117 Å². The first-order chi connectivity index (χ1) is 8.63. The van der Waals surface area contributed by atoms with Crippen molar-refractivity contribution in [2.24, 2.45) is 0 Å². The van der Waals surface area contributed by atoms with Gasteiger partial charge < -0.3 is 10.6 Å². The molecule has 0 aliphatic heterocycles. The lowest BCUT2D eigenvalue weighted by molar-refractivity contribution is -0.383. The molecule has 0 radical (unpaired) electrons. The number of aromatic nitrogens is 2. The molecular weight excluding hydrogens is 256 g/mol. The molecule has 18 heavy (non-hydrogen) atoms. The van der Waals surface area contributed by atoms with E-state index in [4.69, 9.17) is 5.26 Å². The van der Waals surface area contributed by atoms with Crippen LogP contribution in [0.2, 0.25) is 0 Å². The molecule has 0 bridgehead atoms. The number of thioether (sulfide) groups is 1. The van der Waals surface area contributed by atoms with E-state index in [2.05, 4.69) is 20.6 Å². The van der Waals surface area contributed by atoms with Crippen LogP contribution in [0, 0.1) is 21.4 Å². The van der Waals surface area contributed by atoms with Gasteiger partial charge in [-0.3, -0.25) is 10.1 Å². The van der Waals surface area contributed by atoms with Crippen LogP contribution < -0.4 is 10.6 Å². The molecule has 0 unspecified atom stereocenters. The predicted octanol–water partition coefficient (Wildman–Crippen LogP) is 1.47. The summed E-state index contributed by atoms with van der Waals surface area (Å²) >= 11 is 1.27. The Hall–Kier alpha value is -2.08. The maximum absolute atomic E-state index is 11.0. The number of nitrogens with one attached hydrogen (secondary N) is 2. The molecule has 9 heteroatoms. The highest BCUT2D eigenvalue weighted by Gasteiger charge is 2.24. The van der Waals surface area contributed by atoms with Gasteiger partial charge in [0.25, 0.3) is 0 Å². The molecule has 0 aliphatic rings. The second-order valence-electron chi connectivity index (χ2n) is 3.06. The minimum Gasteiger partial charge on any atom is -0.364 e. The quantitative estimate of drug-likeness (QED) is 0.262. The molecule has 1 rings (SSSR count). The SMILES string of the molecule is CCNc1nc(SC)nc(NCC#N)c1[N+](=O)[O-]. The molecule has 0 fully saturated rings. The van der Waals surface area contributed by atoms with Gasteiger partial charge in [0, 0.05) is 6.54 Å². The Morgan fingerprint density at radius 2 is 2.06 bits per heavy atom. The first-order valence-electron chi connectivity index (χ1n) is 5.09. The van der Waals surface area contributed by atoms with Gasteiger partial charge in [0.2, 0.25) is 11.6 Å². The molecule has 96 valence electrons. The van der Waals surface area contributed by atoms with Gasteiger partial charge in [-0.1, -0.05) is 11.8 Å². The van der Waals surface area contributed by atoms with Crippen molar-refractivity contribution in [3.8, 4) is 6.07 Å². The third-order valence-corrected chi connectivity index (χ3v) is 2.46. The van der Waals surface area contributed by atoms with Gasteiger partial charge in [-0.2, -0.15) is 15.2 Å². The van der Waals surface area contributed by atoms with E-state index >= 15 is 0 Å². The van der Waals surface area contributed by atoms with Gasteiger partial charge in [-0.25, -0.2) is 0 Å². The van der Waals surface area contributed by atoms with Crippen molar-refractivity contribution in [3.63, 3.8) is 0 Å². The van der Waals surface area contributed by atoms with Gasteiger partial charge in [-0.15, -0.1) is 0 Å². The van der Waals surface area contributed by atoms with E-state index in [1.54, 1.807) is 6.26 Å². The van der Waals surface area contributed by atoms with Crippen LogP contribution in [0.5, 0.6) is 0 Å². The Morgan fingerprint density at radius 1 is 1.44 bits per heavy atom. The lowest BCUT2D eigenvalue weighted by atomic mass is 10.4. The van der Waals surface area contributed by atoms with Crippen LogP contribution in [0.15, 0.2) is 5.16 Å². The Kier molecular flexibility index (Phi) is 5.13. The summed E-state index contributed by atoms with van der Waals surface area (Å²) in [5.74, 6) is 0.208. The number of nitrogens with zero attached hydrogens (tertiary/aromatic N) is 4. The second-order valence-corrected chi connectivity index (χ2v) is 3.83. The van der Waals surface area contributed by atoms with E-state index in [1.807, 2.05) is 13.0 Å². The summed E-state index contributed by atoms with van der Waals surface area (Å²) in [6.45, 7) is 2.26. The molecule has 1 aromatic rings. The van der Waals surface area contributed by atoms with Crippen molar-refractivity contribution in [1.29, 1.82) is 5.26 Å². The van der Waals surface area contributed by atoms with E-state index in [9.17, 15) is 10.1 Å². The van der Waals surface area contributed by atoms with E-state index in [0.717, 1.165) is 0 Å². The molecule has 2 N–H and O–H groups in total. The Morgan fingerprint density at radius 3 is 2.50 bits per heavy atom. The second kappa shape index (κ2) is 6.61. The monoisotopic (exact) mass is 268 g/mol. The lowest BCUT2D eigenvalue weighted by Gasteiger charge is -2.09. The van der Waals surface area contributed by atoms with Crippen molar-refractivity contribution in [3.05, 3.63) is 10.1 Å². The largest absolute Gasteiger partial charge is 0.364 e. The number of nitro groups is 1. The van der Waals surface area contributed by atoms with E-state index in [0.29, 0.717) is 11.7 Å². The van der Waals surface area contributed by atoms with Crippen LogP contribution in [-0.4, -0.2) is 34.2 Å². The first kappa shape index (κ1) is 14.0. The Balaban J connectivity index is 3.30. The predicted molar refractivity (Wildman–Crippen MR) is 68.7 cm³/mol. The zero-order valence-corrected chi connectivity index (χ0v) is 10.7. The molecule has 0 atom stereocenters. The Labute approximate surface area is 108 Å². The van der Waals surface area contributed by atoms with Crippen LogP contribution >= 0.6 is 11.8 Å². The summed E-state index contributed by atoms with van der Waals surface area (Å²) in [6.07, 6.45) is 1.77. The fourth-order valence-electron chi connectivity index (χ4n) is 1.24. The molecule has 0 spiro atoms. The van der Waals surface area contributed by atoms with Gasteiger partial charge in [-0.05, 0) is 13.2 Å².